The van der Waals surface area contributed by atoms with Gasteiger partial charge in [0.05, 0.1) is 23.6 Å². The number of hydrogen-bond acceptors (Lipinski definition) is 6. The Balaban J connectivity index is 1.85. The molecule has 4 rings (SSSR count). The maximum atomic E-state index is 13.4. The first-order chi connectivity index (χ1) is 16.7. The number of nitrogens with one attached hydrogen (secondary N) is 2. The second-order valence-electron chi connectivity index (χ2n) is 8.09. The van der Waals surface area contributed by atoms with E-state index in [4.69, 9.17) is 4.74 Å². The molecule has 0 saturated carbocycles. The van der Waals surface area contributed by atoms with Gasteiger partial charge in [-0.05, 0) is 48.9 Å². The normalized spacial score (nSPS) is 14.9. The topological polar surface area (TPSA) is 105 Å². The second kappa shape index (κ2) is 9.73. The Bertz CT molecular complexity index is 1380. The van der Waals surface area contributed by atoms with Gasteiger partial charge in [0.15, 0.2) is 0 Å². The summed E-state index contributed by atoms with van der Waals surface area (Å²) in [6.07, 6.45) is 0. The molecule has 0 aliphatic carbocycles. The fourth-order valence-electron chi connectivity index (χ4n) is 3.75. The Morgan fingerprint density at radius 1 is 0.857 bits per heavy atom. The largest absolute Gasteiger partial charge is 0.497 e. The fraction of sp³-hybridized carbons (Fsp3) is 0.154. The molecule has 0 aromatic heterocycles. The van der Waals surface area contributed by atoms with Crippen molar-refractivity contribution in [3.8, 4) is 5.75 Å². The van der Waals surface area contributed by atoms with Crippen LogP contribution in [0.2, 0.25) is 0 Å². The third-order valence-electron chi connectivity index (χ3n) is 5.71. The van der Waals surface area contributed by atoms with E-state index in [1.54, 1.807) is 60.7 Å². The van der Waals surface area contributed by atoms with Crippen LogP contribution in [0.3, 0.4) is 0 Å². The Morgan fingerprint density at radius 2 is 1.49 bits per heavy atom. The number of hydrogen-bond donors (Lipinski definition) is 2. The van der Waals surface area contributed by atoms with E-state index in [9.17, 15) is 18.0 Å². The molecular formula is C26H25N3O5S. The van der Waals surface area contributed by atoms with Crippen LogP contribution in [0.25, 0.3) is 0 Å². The Morgan fingerprint density at radius 3 is 2.09 bits per heavy atom. The predicted molar refractivity (Wildman–Crippen MR) is 132 cm³/mol. The number of imide groups is 1. The zero-order valence-electron chi connectivity index (χ0n) is 19.5. The van der Waals surface area contributed by atoms with Crippen LogP contribution in [-0.4, -0.2) is 39.3 Å². The van der Waals surface area contributed by atoms with E-state index in [2.05, 4.69) is 10.0 Å². The van der Waals surface area contributed by atoms with E-state index < -0.39 is 27.9 Å². The third-order valence-corrected chi connectivity index (χ3v) is 7.15. The van der Waals surface area contributed by atoms with Crippen molar-refractivity contribution in [2.24, 2.45) is 0 Å². The summed E-state index contributed by atoms with van der Waals surface area (Å²) in [5.41, 5.74) is 1.98. The van der Waals surface area contributed by atoms with Crippen LogP contribution in [0.4, 0.5) is 5.69 Å². The lowest BCUT2D eigenvalue weighted by Crippen LogP contribution is -2.34. The highest BCUT2D eigenvalue weighted by molar-refractivity contribution is 7.89. The summed E-state index contributed by atoms with van der Waals surface area (Å²) in [6, 6.07) is 20.8. The molecule has 1 aliphatic heterocycles. The molecular weight excluding hydrogens is 466 g/mol. The highest BCUT2D eigenvalue weighted by Gasteiger charge is 2.42. The van der Waals surface area contributed by atoms with Gasteiger partial charge in [0, 0.05) is 12.7 Å². The molecule has 3 aromatic carbocycles. The van der Waals surface area contributed by atoms with Gasteiger partial charge in [-0.2, -0.15) is 4.72 Å². The maximum absolute atomic E-state index is 13.4. The van der Waals surface area contributed by atoms with Gasteiger partial charge < -0.3 is 10.1 Å². The van der Waals surface area contributed by atoms with Crippen molar-refractivity contribution in [1.29, 1.82) is 0 Å². The minimum Gasteiger partial charge on any atom is -0.497 e. The summed E-state index contributed by atoms with van der Waals surface area (Å²) in [4.78, 5) is 27.3. The molecule has 0 bridgehead atoms. The minimum absolute atomic E-state index is 0.00204. The molecule has 35 heavy (non-hydrogen) atoms. The molecule has 8 nitrogen and oxygen atoms in total. The number of nitrogens with zero attached hydrogens (tertiary/aromatic N) is 1. The summed E-state index contributed by atoms with van der Waals surface area (Å²) in [5.74, 6) is -0.584. The Kier molecular flexibility index (Phi) is 6.72. The van der Waals surface area contributed by atoms with Gasteiger partial charge >= 0.3 is 0 Å². The predicted octanol–water partition coefficient (Wildman–Crippen LogP) is 3.39. The van der Waals surface area contributed by atoms with Crippen molar-refractivity contribution in [1.82, 2.24) is 9.62 Å². The molecule has 1 heterocycles. The number of carbonyl (C=O) groups is 2. The van der Waals surface area contributed by atoms with Crippen molar-refractivity contribution < 1.29 is 22.7 Å². The summed E-state index contributed by atoms with van der Waals surface area (Å²) in [6.45, 7) is 1.86. The SMILES string of the molecule is COc1ccc(C(NS(=O)(=O)c2ccc(C)cc2)C2=C(Nc3ccccc3)C(=O)N(C)C2=O)cc1. The van der Waals surface area contributed by atoms with E-state index in [-0.39, 0.29) is 16.2 Å². The summed E-state index contributed by atoms with van der Waals surface area (Å²) in [5, 5.41) is 3.02. The molecule has 3 aromatic rings. The van der Waals surface area contributed by atoms with E-state index in [0.717, 1.165) is 10.5 Å². The molecule has 1 aliphatic rings. The van der Waals surface area contributed by atoms with E-state index in [1.165, 1.54) is 26.3 Å². The fourth-order valence-corrected chi connectivity index (χ4v) is 4.94. The molecule has 180 valence electrons. The lowest BCUT2D eigenvalue weighted by atomic mass is 9.98. The first-order valence-corrected chi connectivity index (χ1v) is 12.3. The molecule has 0 fully saturated rings. The number of ether oxygens (including phenoxy) is 1. The molecule has 2 amide bonds. The average Bonchev–Trinajstić information content (AvgIpc) is 3.07. The molecule has 1 unspecified atom stereocenters. The van der Waals surface area contributed by atoms with Crippen LogP contribution < -0.4 is 14.8 Å². The lowest BCUT2D eigenvalue weighted by Gasteiger charge is -2.21. The number of aryl methyl sites for hydroxylation is 1. The van der Waals surface area contributed by atoms with Gasteiger partial charge in [-0.1, -0.05) is 48.0 Å². The number of sulfonamides is 1. The number of likely N-dealkylation sites (N-methyl/N-ethyl adjacent to an activating group) is 1. The minimum atomic E-state index is -4.06. The first-order valence-electron chi connectivity index (χ1n) is 10.8. The van der Waals surface area contributed by atoms with Crippen LogP contribution in [0.15, 0.2) is 95.0 Å². The highest BCUT2D eigenvalue weighted by atomic mass is 32.2. The van der Waals surface area contributed by atoms with E-state index in [0.29, 0.717) is 17.0 Å². The lowest BCUT2D eigenvalue weighted by molar-refractivity contribution is -0.136. The van der Waals surface area contributed by atoms with Crippen LogP contribution in [-0.2, 0) is 19.6 Å². The van der Waals surface area contributed by atoms with Crippen molar-refractivity contribution in [3.63, 3.8) is 0 Å². The van der Waals surface area contributed by atoms with E-state index in [1.807, 2.05) is 13.0 Å². The molecule has 2 N–H and O–H groups in total. The Labute approximate surface area is 204 Å². The van der Waals surface area contributed by atoms with E-state index >= 15 is 0 Å². The van der Waals surface area contributed by atoms with Crippen LogP contribution in [0.1, 0.15) is 17.2 Å². The first kappa shape index (κ1) is 24.2. The van der Waals surface area contributed by atoms with Crippen molar-refractivity contribution in [2.45, 2.75) is 17.9 Å². The summed E-state index contributed by atoms with van der Waals surface area (Å²) < 4.78 is 34.6. The van der Waals surface area contributed by atoms with Crippen LogP contribution in [0, 0.1) is 6.92 Å². The number of carbonyl (C=O) groups excluding carboxylic acids is 2. The number of para-hydroxylation sites is 1. The van der Waals surface area contributed by atoms with Gasteiger partial charge in [0.1, 0.15) is 11.4 Å². The Hall–Kier alpha value is -3.95. The molecule has 0 spiro atoms. The summed E-state index contributed by atoms with van der Waals surface area (Å²) in [7, 11) is -1.17. The van der Waals surface area contributed by atoms with Gasteiger partial charge in [-0.3, -0.25) is 14.5 Å². The van der Waals surface area contributed by atoms with Crippen molar-refractivity contribution in [2.75, 3.05) is 19.5 Å². The number of benzene rings is 3. The zero-order valence-corrected chi connectivity index (χ0v) is 20.3. The number of methoxy groups -OCH3 is 1. The third kappa shape index (κ3) is 4.96. The van der Waals surface area contributed by atoms with Crippen LogP contribution >= 0.6 is 0 Å². The number of rotatable bonds is 8. The molecule has 1 atom stereocenters. The monoisotopic (exact) mass is 491 g/mol. The molecule has 9 heteroatoms. The van der Waals surface area contributed by atoms with Gasteiger partial charge in [-0.15, -0.1) is 0 Å². The molecule has 0 radical (unpaired) electrons. The van der Waals surface area contributed by atoms with Crippen molar-refractivity contribution >= 4 is 27.5 Å². The number of amides is 2. The molecule has 0 saturated heterocycles. The summed E-state index contributed by atoms with van der Waals surface area (Å²) >= 11 is 0. The van der Waals surface area contributed by atoms with Gasteiger partial charge in [-0.25, -0.2) is 8.42 Å². The average molecular weight is 492 g/mol. The number of anilines is 1. The second-order valence-corrected chi connectivity index (χ2v) is 9.80. The van der Waals surface area contributed by atoms with Gasteiger partial charge in [0.25, 0.3) is 11.8 Å². The standard InChI is InChI=1S/C26H25N3O5S/c1-17-9-15-21(16-10-17)35(32,33)28-23(18-11-13-20(34-3)14-12-18)22-24(26(31)29(2)25(22)30)27-19-7-5-4-6-8-19/h4-16,23,27-28H,1-3H3. The smallest absolute Gasteiger partial charge is 0.277 e. The van der Waals surface area contributed by atoms with Crippen LogP contribution in [0.5, 0.6) is 5.75 Å². The quantitative estimate of drug-likeness (QED) is 0.468. The highest BCUT2D eigenvalue weighted by Crippen LogP contribution is 2.34. The van der Waals surface area contributed by atoms with Gasteiger partial charge in [0.2, 0.25) is 10.0 Å². The zero-order chi connectivity index (χ0) is 25.2. The van der Waals surface area contributed by atoms with Crippen molar-refractivity contribution in [3.05, 3.63) is 101 Å². The maximum Gasteiger partial charge on any atom is 0.277 e.